The Hall–Kier alpha value is -1.77. The molecule has 0 aromatic carbocycles. The second-order valence-electron chi connectivity index (χ2n) is 11.3. The van der Waals surface area contributed by atoms with Gasteiger partial charge in [-0.05, 0) is 25.5 Å². The van der Waals surface area contributed by atoms with Gasteiger partial charge in [0.05, 0.1) is 12.7 Å². The van der Waals surface area contributed by atoms with Crippen LogP contribution in [0.5, 0.6) is 0 Å². The lowest BCUT2D eigenvalue weighted by Gasteiger charge is -2.38. The molecule has 6 N–H and O–H groups in total. The molecule has 12 nitrogen and oxygen atoms in total. The Balaban J connectivity index is 1.70. The third-order valence-electron chi connectivity index (χ3n) is 7.52. The van der Waals surface area contributed by atoms with Crippen molar-refractivity contribution in [2.24, 2.45) is 0 Å². The minimum atomic E-state index is -1.66. The Labute approximate surface area is 260 Å². The van der Waals surface area contributed by atoms with E-state index in [2.05, 4.69) is 34.8 Å². The third-order valence-corrected chi connectivity index (χ3v) is 8.56. The lowest BCUT2D eigenvalue weighted by Crippen LogP contribution is -2.58. The van der Waals surface area contributed by atoms with Gasteiger partial charge in [0, 0.05) is 12.2 Å². The summed E-state index contributed by atoms with van der Waals surface area (Å²) >= 11 is 1.47. The van der Waals surface area contributed by atoms with Gasteiger partial charge in [0.15, 0.2) is 12.1 Å². The largest absolute Gasteiger partial charge is 0.388 e. The van der Waals surface area contributed by atoms with Gasteiger partial charge in [0.1, 0.15) is 30.5 Å². The molecule has 1 saturated heterocycles. The van der Waals surface area contributed by atoms with Gasteiger partial charge in [-0.1, -0.05) is 89.2 Å². The van der Waals surface area contributed by atoms with Crippen LogP contribution in [0.25, 0.3) is 0 Å². The fraction of sp³-hybridized carbons (Fsp3) is 0.800. The number of hydrogen-bond donors (Lipinski definition) is 6. The van der Waals surface area contributed by atoms with E-state index in [1.165, 1.54) is 86.8 Å². The first kappa shape index (κ1) is 37.4. The third kappa shape index (κ3) is 14.7. The number of anilines is 1. The molecule has 0 bridgehead atoms. The van der Waals surface area contributed by atoms with E-state index >= 15 is 0 Å². The van der Waals surface area contributed by atoms with Crippen molar-refractivity contribution in [1.82, 2.24) is 20.3 Å². The molecule has 2 rings (SSSR count). The number of amides is 2. The van der Waals surface area contributed by atoms with Crippen molar-refractivity contribution in [1.29, 1.82) is 0 Å². The van der Waals surface area contributed by atoms with Crippen molar-refractivity contribution < 1.29 is 34.8 Å². The summed E-state index contributed by atoms with van der Waals surface area (Å²) in [6, 6.07) is -0.778. The number of nitrogens with one attached hydrogen (secondary N) is 2. The minimum absolute atomic E-state index is 0.0979. The zero-order valence-electron chi connectivity index (χ0n) is 25.6. The van der Waals surface area contributed by atoms with Crippen molar-refractivity contribution in [3.63, 3.8) is 0 Å². The summed E-state index contributed by atoms with van der Waals surface area (Å²) in [6.07, 6.45) is 12.1. The maximum absolute atomic E-state index is 13.0. The molecular formula is C30H53N5O7S. The number of aromatic nitrogens is 3. The van der Waals surface area contributed by atoms with Gasteiger partial charge in [-0.25, -0.2) is 4.68 Å². The van der Waals surface area contributed by atoms with E-state index in [0.717, 1.165) is 19.3 Å². The van der Waals surface area contributed by atoms with Crippen LogP contribution in [0.1, 0.15) is 96.8 Å². The normalized spacial score (nSPS) is 22.8. The fourth-order valence-corrected chi connectivity index (χ4v) is 5.72. The number of rotatable bonds is 23. The van der Waals surface area contributed by atoms with E-state index in [-0.39, 0.29) is 18.3 Å². The average Bonchev–Trinajstić information content (AvgIpc) is 3.43. The number of aliphatic hydroxyl groups excluding tert-OH is 4. The molecule has 1 aliphatic rings. The Morgan fingerprint density at radius 3 is 2.19 bits per heavy atom. The van der Waals surface area contributed by atoms with Crippen LogP contribution in [0, 0.1) is 13.3 Å². The number of nitrogens with zero attached hydrogens (tertiary/aromatic N) is 3. The first-order chi connectivity index (χ1) is 20.8. The number of ether oxygens (including phenoxy) is 1. The molecule has 0 aliphatic carbocycles. The highest BCUT2D eigenvalue weighted by Gasteiger charge is 2.43. The second kappa shape index (κ2) is 21.9. The summed E-state index contributed by atoms with van der Waals surface area (Å²) in [7, 11) is 0. The maximum Gasteiger partial charge on any atom is 0.249 e. The van der Waals surface area contributed by atoms with Crippen LogP contribution in [0.15, 0.2) is 6.20 Å². The zero-order chi connectivity index (χ0) is 31.5. The van der Waals surface area contributed by atoms with Crippen LogP contribution in [0.3, 0.4) is 0 Å². The van der Waals surface area contributed by atoms with Gasteiger partial charge in [-0.2, -0.15) is 11.8 Å². The molecule has 1 aromatic rings. The molecule has 1 aromatic heterocycles. The molecule has 5 unspecified atom stereocenters. The van der Waals surface area contributed by atoms with Gasteiger partial charge in [0.2, 0.25) is 11.8 Å². The molecule has 2 radical (unpaired) electrons. The van der Waals surface area contributed by atoms with E-state index in [4.69, 9.17) is 4.74 Å². The van der Waals surface area contributed by atoms with Crippen molar-refractivity contribution in [3.05, 3.63) is 19.5 Å². The molecule has 2 heterocycles. The Kier molecular flexibility index (Phi) is 19.0. The summed E-state index contributed by atoms with van der Waals surface area (Å²) in [4.78, 5) is 25.6. The predicted octanol–water partition coefficient (Wildman–Crippen LogP) is 2.75. The SMILES string of the molecule is [CH2][CH]CSC[C@@H](NC(=O)CCCCCCCCCCCCCCC)C(=O)Nc1cn(CC2OC(O)C(O)C(O)C2O)nn1. The summed E-state index contributed by atoms with van der Waals surface area (Å²) in [6.45, 7) is 5.84. The standard InChI is InChI=1S/C30H53N5O7S/c1-3-5-6-7-8-9-10-11-12-13-14-15-16-17-25(36)31-22(21-43-18-4-2)29(40)32-24-20-35(34-33-24)19-23-26(37)27(38)28(39)30(41)42-23/h4,20,22-23,26-28,30,37-39,41H,2-3,5-19,21H2,1H3,(H,31,36)(H,32,40)/t22-,23?,26?,27?,28?,30?/m1/s1. The summed E-state index contributed by atoms with van der Waals surface area (Å²) < 4.78 is 6.43. The quantitative estimate of drug-likeness (QED) is 0.0988. The molecule has 13 heteroatoms. The lowest BCUT2D eigenvalue weighted by molar-refractivity contribution is -0.284. The average molecular weight is 628 g/mol. The van der Waals surface area contributed by atoms with Crippen LogP contribution in [0.2, 0.25) is 0 Å². The number of aliphatic hydroxyl groups is 4. The number of thioether (sulfide) groups is 1. The summed E-state index contributed by atoms with van der Waals surface area (Å²) in [5.41, 5.74) is 0. The van der Waals surface area contributed by atoms with E-state index in [9.17, 15) is 30.0 Å². The van der Waals surface area contributed by atoms with Crippen LogP contribution in [-0.2, 0) is 20.9 Å². The van der Waals surface area contributed by atoms with Gasteiger partial charge < -0.3 is 35.8 Å². The number of carbonyl (C=O) groups excluding carboxylic acids is 2. The number of carbonyl (C=O) groups is 2. The summed E-state index contributed by atoms with van der Waals surface area (Å²) in [5, 5.41) is 52.7. The molecule has 0 spiro atoms. The molecule has 246 valence electrons. The number of unbranched alkanes of at least 4 members (excludes halogenated alkanes) is 12. The van der Waals surface area contributed by atoms with Gasteiger partial charge in [0.25, 0.3) is 0 Å². The van der Waals surface area contributed by atoms with Gasteiger partial charge >= 0.3 is 0 Å². The van der Waals surface area contributed by atoms with Crippen molar-refractivity contribution in [2.45, 2.75) is 140 Å². The minimum Gasteiger partial charge on any atom is -0.388 e. The molecule has 1 aliphatic heterocycles. The molecule has 6 atom stereocenters. The molecule has 43 heavy (non-hydrogen) atoms. The second-order valence-corrected chi connectivity index (χ2v) is 12.4. The van der Waals surface area contributed by atoms with Crippen molar-refractivity contribution >= 4 is 29.4 Å². The molecule has 2 amide bonds. The highest BCUT2D eigenvalue weighted by molar-refractivity contribution is 7.99. The highest BCUT2D eigenvalue weighted by Crippen LogP contribution is 2.21. The Morgan fingerprint density at radius 1 is 0.977 bits per heavy atom. The Bertz CT molecular complexity index is 908. The van der Waals surface area contributed by atoms with Crippen LogP contribution in [0.4, 0.5) is 5.82 Å². The lowest BCUT2D eigenvalue weighted by atomic mass is 9.99. The van der Waals surface area contributed by atoms with Crippen LogP contribution >= 0.6 is 11.8 Å². The van der Waals surface area contributed by atoms with Crippen LogP contribution < -0.4 is 10.6 Å². The number of hydrogen-bond acceptors (Lipinski definition) is 10. The smallest absolute Gasteiger partial charge is 0.249 e. The maximum atomic E-state index is 13.0. The summed E-state index contributed by atoms with van der Waals surface area (Å²) in [5.74, 6) is 0.501. The first-order valence-corrected chi connectivity index (χ1v) is 17.0. The van der Waals surface area contributed by atoms with E-state index < -0.39 is 42.7 Å². The highest BCUT2D eigenvalue weighted by atomic mass is 32.2. The first-order valence-electron chi connectivity index (χ1n) is 15.8. The predicted molar refractivity (Wildman–Crippen MR) is 167 cm³/mol. The van der Waals surface area contributed by atoms with Crippen molar-refractivity contribution in [2.75, 3.05) is 16.8 Å². The molecular weight excluding hydrogens is 574 g/mol. The van der Waals surface area contributed by atoms with Gasteiger partial charge in [-0.15, -0.1) is 5.10 Å². The van der Waals surface area contributed by atoms with E-state index in [1.807, 2.05) is 0 Å². The van der Waals surface area contributed by atoms with Gasteiger partial charge in [-0.3, -0.25) is 9.59 Å². The fourth-order valence-electron chi connectivity index (χ4n) is 4.95. The Morgan fingerprint density at radius 2 is 1.58 bits per heavy atom. The zero-order valence-corrected chi connectivity index (χ0v) is 26.4. The van der Waals surface area contributed by atoms with E-state index in [1.54, 1.807) is 6.42 Å². The van der Waals surface area contributed by atoms with E-state index in [0.29, 0.717) is 17.9 Å². The van der Waals surface area contributed by atoms with Crippen LogP contribution in [-0.4, -0.2) is 95.5 Å². The topological polar surface area (TPSA) is 179 Å². The monoisotopic (exact) mass is 627 g/mol. The molecule has 1 fully saturated rings. The van der Waals surface area contributed by atoms with Crippen molar-refractivity contribution in [3.8, 4) is 0 Å². The molecule has 0 saturated carbocycles.